The Hall–Kier alpha value is -0.290. The molecule has 0 fully saturated rings. The molecule has 0 aliphatic carbocycles. The van der Waals surface area contributed by atoms with Crippen LogP contribution in [0.1, 0.15) is 17.6 Å². The SMILES string of the molecule is N#Cc1c(C(F)F)cnc(Br)c1I. The van der Waals surface area contributed by atoms with Gasteiger partial charge in [-0.2, -0.15) is 5.26 Å². The van der Waals surface area contributed by atoms with Crippen molar-refractivity contribution in [3.8, 4) is 6.07 Å². The fourth-order valence-corrected chi connectivity index (χ4v) is 1.63. The Balaban J connectivity index is 3.41. The van der Waals surface area contributed by atoms with E-state index in [1.54, 1.807) is 28.7 Å². The van der Waals surface area contributed by atoms with Gasteiger partial charge < -0.3 is 0 Å². The lowest BCUT2D eigenvalue weighted by Gasteiger charge is -2.04. The van der Waals surface area contributed by atoms with Gasteiger partial charge in [0.05, 0.1) is 14.7 Å². The molecule has 0 saturated heterocycles. The summed E-state index contributed by atoms with van der Waals surface area (Å²) in [6.07, 6.45) is -1.65. The molecule has 0 saturated carbocycles. The zero-order valence-corrected chi connectivity index (χ0v) is 9.80. The lowest BCUT2D eigenvalue weighted by Crippen LogP contribution is -1.96. The third kappa shape index (κ3) is 2.14. The number of pyridine rings is 1. The van der Waals surface area contributed by atoms with E-state index in [2.05, 4.69) is 20.9 Å². The van der Waals surface area contributed by atoms with Gasteiger partial charge in [-0.15, -0.1) is 0 Å². The van der Waals surface area contributed by atoms with Crippen LogP contribution >= 0.6 is 38.5 Å². The Kier molecular flexibility index (Phi) is 3.55. The summed E-state index contributed by atoms with van der Waals surface area (Å²) in [6.45, 7) is 0. The Morgan fingerprint density at radius 2 is 2.23 bits per heavy atom. The minimum Gasteiger partial charge on any atom is -0.248 e. The van der Waals surface area contributed by atoms with E-state index in [-0.39, 0.29) is 11.1 Å². The Labute approximate surface area is 95.2 Å². The number of alkyl halides is 2. The number of aromatic nitrogens is 1. The fraction of sp³-hybridized carbons (Fsp3) is 0.143. The first-order valence-corrected chi connectivity index (χ1v) is 4.97. The maximum atomic E-state index is 12.3. The van der Waals surface area contributed by atoms with Gasteiger partial charge in [-0.05, 0) is 38.5 Å². The third-order valence-corrected chi connectivity index (χ3v) is 3.75. The van der Waals surface area contributed by atoms with Crippen LogP contribution in [0.25, 0.3) is 0 Å². The summed E-state index contributed by atoms with van der Waals surface area (Å²) in [4.78, 5) is 3.69. The van der Waals surface area contributed by atoms with Crippen molar-refractivity contribution >= 4 is 38.5 Å². The molecule has 0 aliphatic heterocycles. The molecule has 6 heteroatoms. The summed E-state index contributed by atoms with van der Waals surface area (Å²) < 4.78 is 25.5. The highest BCUT2D eigenvalue weighted by atomic mass is 127. The monoisotopic (exact) mass is 358 g/mol. The summed E-state index contributed by atoms with van der Waals surface area (Å²) in [5.74, 6) is 0. The summed E-state index contributed by atoms with van der Waals surface area (Å²) in [7, 11) is 0. The molecule has 0 bridgehead atoms. The molecule has 0 atom stereocenters. The predicted octanol–water partition coefficient (Wildman–Crippen LogP) is 3.26. The molecule has 0 aliphatic rings. The molecule has 2 nitrogen and oxygen atoms in total. The molecule has 0 aromatic carbocycles. The smallest absolute Gasteiger partial charge is 0.248 e. The lowest BCUT2D eigenvalue weighted by atomic mass is 10.2. The van der Waals surface area contributed by atoms with Crippen LogP contribution in [0.2, 0.25) is 0 Å². The van der Waals surface area contributed by atoms with Gasteiger partial charge in [0.25, 0.3) is 6.43 Å². The normalized spacial score (nSPS) is 10.2. The number of nitriles is 1. The predicted molar refractivity (Wildman–Crippen MR) is 54.3 cm³/mol. The maximum Gasteiger partial charge on any atom is 0.266 e. The van der Waals surface area contributed by atoms with Crippen LogP contribution in [0.5, 0.6) is 0 Å². The molecule has 0 radical (unpaired) electrons. The highest BCUT2D eigenvalue weighted by Crippen LogP contribution is 2.28. The first kappa shape index (κ1) is 10.8. The van der Waals surface area contributed by atoms with Crippen molar-refractivity contribution in [1.29, 1.82) is 5.26 Å². The van der Waals surface area contributed by atoms with E-state index in [4.69, 9.17) is 5.26 Å². The fourth-order valence-electron chi connectivity index (χ4n) is 0.756. The highest BCUT2D eigenvalue weighted by Gasteiger charge is 2.17. The van der Waals surface area contributed by atoms with E-state index in [1.807, 2.05) is 0 Å². The van der Waals surface area contributed by atoms with E-state index >= 15 is 0 Å². The van der Waals surface area contributed by atoms with Crippen LogP contribution in [-0.4, -0.2) is 4.98 Å². The van der Waals surface area contributed by atoms with Crippen LogP contribution in [-0.2, 0) is 0 Å². The third-order valence-electron chi connectivity index (χ3n) is 1.35. The zero-order valence-electron chi connectivity index (χ0n) is 6.06. The molecule has 13 heavy (non-hydrogen) atoms. The second-order valence-electron chi connectivity index (χ2n) is 2.11. The summed E-state index contributed by atoms with van der Waals surface area (Å²) in [5, 5.41) is 8.64. The van der Waals surface area contributed by atoms with Crippen LogP contribution < -0.4 is 0 Å². The molecule has 0 unspecified atom stereocenters. The topological polar surface area (TPSA) is 36.7 Å². The standard InChI is InChI=1S/C7H2BrF2IN2/c8-6-5(11)3(1-12)4(2-13-6)7(9)10/h2,7H. The molecule has 0 N–H and O–H groups in total. The van der Waals surface area contributed by atoms with Crippen molar-refractivity contribution in [2.75, 3.05) is 0 Å². The van der Waals surface area contributed by atoms with Crippen LogP contribution in [0, 0.1) is 14.9 Å². The maximum absolute atomic E-state index is 12.3. The summed E-state index contributed by atoms with van der Waals surface area (Å²) in [5.41, 5.74) is -0.340. The molecule has 68 valence electrons. The van der Waals surface area contributed by atoms with Crippen LogP contribution in [0.15, 0.2) is 10.8 Å². The average molecular weight is 359 g/mol. The Bertz CT molecular complexity index is 375. The second kappa shape index (κ2) is 4.28. The molecular formula is C7H2BrF2IN2. The van der Waals surface area contributed by atoms with Gasteiger partial charge in [0, 0.05) is 6.20 Å². The average Bonchev–Trinajstić information content (AvgIpc) is 2.09. The molecule has 1 rings (SSSR count). The second-order valence-corrected chi connectivity index (χ2v) is 3.94. The molecule has 1 aromatic rings. The quantitative estimate of drug-likeness (QED) is 0.570. The first-order chi connectivity index (χ1) is 6.07. The number of rotatable bonds is 1. The van der Waals surface area contributed by atoms with Crippen molar-refractivity contribution in [1.82, 2.24) is 4.98 Å². The number of halogens is 4. The van der Waals surface area contributed by atoms with Crippen LogP contribution in [0.3, 0.4) is 0 Å². The number of nitrogens with zero attached hydrogens (tertiary/aromatic N) is 2. The first-order valence-electron chi connectivity index (χ1n) is 3.10. The minimum absolute atomic E-state index is 0.0162. The van der Waals surface area contributed by atoms with Gasteiger partial charge in [0.1, 0.15) is 10.7 Å². The van der Waals surface area contributed by atoms with Crippen molar-refractivity contribution in [3.05, 3.63) is 25.5 Å². The van der Waals surface area contributed by atoms with Gasteiger partial charge in [0.15, 0.2) is 0 Å². The van der Waals surface area contributed by atoms with Crippen molar-refractivity contribution in [2.45, 2.75) is 6.43 Å². The van der Waals surface area contributed by atoms with Gasteiger partial charge in [-0.1, -0.05) is 0 Å². The molecular weight excluding hydrogens is 357 g/mol. The molecule has 1 aromatic heterocycles. The largest absolute Gasteiger partial charge is 0.266 e. The molecule has 0 spiro atoms. The van der Waals surface area contributed by atoms with Gasteiger partial charge in [-0.25, -0.2) is 13.8 Å². The number of hydrogen-bond acceptors (Lipinski definition) is 2. The molecule has 0 amide bonds. The lowest BCUT2D eigenvalue weighted by molar-refractivity contribution is 0.150. The Morgan fingerprint density at radius 3 is 2.69 bits per heavy atom. The van der Waals surface area contributed by atoms with E-state index in [9.17, 15) is 8.78 Å². The highest BCUT2D eigenvalue weighted by molar-refractivity contribution is 14.1. The van der Waals surface area contributed by atoms with Crippen LogP contribution in [0.4, 0.5) is 8.78 Å². The Morgan fingerprint density at radius 1 is 1.62 bits per heavy atom. The van der Waals surface area contributed by atoms with E-state index in [0.29, 0.717) is 8.17 Å². The summed E-state index contributed by atoms with van der Waals surface area (Å²) >= 11 is 4.85. The van der Waals surface area contributed by atoms with E-state index < -0.39 is 6.43 Å². The number of hydrogen-bond donors (Lipinski definition) is 0. The van der Waals surface area contributed by atoms with Crippen molar-refractivity contribution in [3.63, 3.8) is 0 Å². The zero-order chi connectivity index (χ0) is 10.0. The van der Waals surface area contributed by atoms with E-state index in [0.717, 1.165) is 6.20 Å². The van der Waals surface area contributed by atoms with Crippen molar-refractivity contribution in [2.24, 2.45) is 0 Å². The van der Waals surface area contributed by atoms with Gasteiger partial charge in [0.2, 0.25) is 0 Å². The summed E-state index contributed by atoms with van der Waals surface area (Å²) in [6, 6.07) is 1.73. The van der Waals surface area contributed by atoms with Gasteiger partial charge >= 0.3 is 0 Å². The van der Waals surface area contributed by atoms with Crippen molar-refractivity contribution < 1.29 is 8.78 Å². The molecule has 1 heterocycles. The van der Waals surface area contributed by atoms with E-state index in [1.165, 1.54) is 0 Å². The minimum atomic E-state index is -2.66. The van der Waals surface area contributed by atoms with Gasteiger partial charge in [-0.3, -0.25) is 0 Å².